The molecule has 106 valence electrons. The number of hydrogen-bond donors (Lipinski definition) is 2. The predicted molar refractivity (Wildman–Crippen MR) is 71.5 cm³/mol. The fourth-order valence-electron chi connectivity index (χ4n) is 1.47. The van der Waals surface area contributed by atoms with Crippen LogP contribution in [0.2, 0.25) is 0 Å². The molecule has 0 aromatic heterocycles. The van der Waals surface area contributed by atoms with Crippen LogP contribution < -0.4 is 10.6 Å². The van der Waals surface area contributed by atoms with Gasteiger partial charge in [-0.1, -0.05) is 0 Å². The van der Waals surface area contributed by atoms with E-state index in [0.29, 0.717) is 6.42 Å². The SMILES string of the molecule is COCCCCNCCCCC(=O)NCC(C)=O. The van der Waals surface area contributed by atoms with Crippen LogP contribution in [0.25, 0.3) is 0 Å². The van der Waals surface area contributed by atoms with Crippen LogP contribution in [0.1, 0.15) is 39.0 Å². The smallest absolute Gasteiger partial charge is 0.220 e. The van der Waals surface area contributed by atoms with Gasteiger partial charge in [0.1, 0.15) is 5.78 Å². The van der Waals surface area contributed by atoms with Crippen molar-refractivity contribution in [3.63, 3.8) is 0 Å². The standard InChI is InChI=1S/C13H26N2O3/c1-12(16)11-15-13(17)7-3-4-8-14-9-5-6-10-18-2/h14H,3-11H2,1-2H3,(H,15,17). The van der Waals surface area contributed by atoms with Gasteiger partial charge in [-0.05, 0) is 45.7 Å². The molecule has 0 heterocycles. The summed E-state index contributed by atoms with van der Waals surface area (Å²) in [6.45, 7) is 4.37. The Morgan fingerprint density at radius 2 is 1.72 bits per heavy atom. The fourth-order valence-corrected chi connectivity index (χ4v) is 1.47. The Labute approximate surface area is 110 Å². The molecule has 0 aliphatic carbocycles. The Hall–Kier alpha value is -0.940. The first kappa shape index (κ1) is 17.1. The highest BCUT2D eigenvalue weighted by molar-refractivity contribution is 5.84. The van der Waals surface area contributed by atoms with Gasteiger partial charge < -0.3 is 15.4 Å². The van der Waals surface area contributed by atoms with Crippen LogP contribution in [0.15, 0.2) is 0 Å². The van der Waals surface area contributed by atoms with Crippen LogP contribution in [0.4, 0.5) is 0 Å². The van der Waals surface area contributed by atoms with Crippen LogP contribution in [0.5, 0.6) is 0 Å². The van der Waals surface area contributed by atoms with Crippen molar-refractivity contribution in [1.29, 1.82) is 0 Å². The summed E-state index contributed by atoms with van der Waals surface area (Å²) in [6.07, 6.45) is 4.54. The lowest BCUT2D eigenvalue weighted by atomic mass is 10.2. The molecule has 0 aromatic rings. The molecule has 18 heavy (non-hydrogen) atoms. The Balaban J connectivity index is 3.15. The summed E-state index contributed by atoms with van der Waals surface area (Å²) in [4.78, 5) is 21.9. The Morgan fingerprint density at radius 3 is 2.33 bits per heavy atom. The van der Waals surface area contributed by atoms with Gasteiger partial charge in [-0.15, -0.1) is 0 Å². The highest BCUT2D eigenvalue weighted by atomic mass is 16.5. The number of carbonyl (C=O) groups excluding carboxylic acids is 2. The van der Waals surface area contributed by atoms with Crippen molar-refractivity contribution < 1.29 is 14.3 Å². The lowest BCUT2D eigenvalue weighted by Crippen LogP contribution is -2.28. The molecule has 0 aromatic carbocycles. The molecule has 0 aliphatic heterocycles. The maximum atomic E-state index is 11.3. The highest BCUT2D eigenvalue weighted by Crippen LogP contribution is 1.94. The summed E-state index contributed by atoms with van der Waals surface area (Å²) in [5.41, 5.74) is 0. The van der Waals surface area contributed by atoms with Gasteiger partial charge in [0.2, 0.25) is 5.91 Å². The molecule has 0 fully saturated rings. The highest BCUT2D eigenvalue weighted by Gasteiger charge is 2.01. The van der Waals surface area contributed by atoms with E-state index in [4.69, 9.17) is 4.74 Å². The first-order valence-corrected chi connectivity index (χ1v) is 6.62. The van der Waals surface area contributed by atoms with E-state index in [1.54, 1.807) is 7.11 Å². The van der Waals surface area contributed by atoms with Crippen molar-refractivity contribution in [3.05, 3.63) is 0 Å². The minimum atomic E-state index is -0.0368. The number of ketones is 1. The molecule has 0 rings (SSSR count). The number of nitrogens with one attached hydrogen (secondary N) is 2. The molecular weight excluding hydrogens is 232 g/mol. The zero-order valence-corrected chi connectivity index (χ0v) is 11.6. The largest absolute Gasteiger partial charge is 0.385 e. The van der Waals surface area contributed by atoms with Gasteiger partial charge in [0, 0.05) is 20.1 Å². The van der Waals surface area contributed by atoms with Gasteiger partial charge in [0.05, 0.1) is 6.54 Å². The van der Waals surface area contributed by atoms with Gasteiger partial charge >= 0.3 is 0 Å². The van der Waals surface area contributed by atoms with E-state index in [2.05, 4.69) is 10.6 Å². The maximum absolute atomic E-state index is 11.3. The fraction of sp³-hybridized carbons (Fsp3) is 0.846. The number of carbonyl (C=O) groups is 2. The van der Waals surface area contributed by atoms with E-state index in [1.807, 2.05) is 0 Å². The quantitative estimate of drug-likeness (QED) is 0.510. The molecular formula is C13H26N2O3. The number of amides is 1. The van der Waals surface area contributed by atoms with Crippen molar-refractivity contribution in [2.45, 2.75) is 39.0 Å². The maximum Gasteiger partial charge on any atom is 0.220 e. The van der Waals surface area contributed by atoms with Gasteiger partial charge in [-0.25, -0.2) is 0 Å². The van der Waals surface area contributed by atoms with Crippen LogP contribution in [-0.4, -0.2) is 45.0 Å². The van der Waals surface area contributed by atoms with Gasteiger partial charge in [0.15, 0.2) is 0 Å². The second-order valence-electron chi connectivity index (χ2n) is 4.39. The minimum absolute atomic E-state index is 0.0129. The van der Waals surface area contributed by atoms with Crippen molar-refractivity contribution in [3.8, 4) is 0 Å². The van der Waals surface area contributed by atoms with Gasteiger partial charge in [0.25, 0.3) is 0 Å². The van der Waals surface area contributed by atoms with E-state index in [-0.39, 0.29) is 18.2 Å². The normalized spacial score (nSPS) is 10.3. The van der Waals surface area contributed by atoms with E-state index < -0.39 is 0 Å². The van der Waals surface area contributed by atoms with Crippen molar-refractivity contribution in [1.82, 2.24) is 10.6 Å². The van der Waals surface area contributed by atoms with E-state index in [1.165, 1.54) is 6.92 Å². The molecule has 2 N–H and O–H groups in total. The number of Topliss-reactive ketones (excluding diaryl/α,β-unsaturated/α-hetero) is 1. The van der Waals surface area contributed by atoms with Crippen LogP contribution >= 0.6 is 0 Å². The second kappa shape index (κ2) is 12.5. The number of rotatable bonds is 12. The van der Waals surface area contributed by atoms with Gasteiger partial charge in [-0.3, -0.25) is 9.59 Å². The van der Waals surface area contributed by atoms with Crippen LogP contribution in [-0.2, 0) is 14.3 Å². The number of ether oxygens (including phenoxy) is 1. The zero-order chi connectivity index (χ0) is 13.6. The molecule has 0 unspecified atom stereocenters. The molecule has 5 heteroatoms. The molecule has 5 nitrogen and oxygen atoms in total. The third-order valence-electron chi connectivity index (χ3n) is 2.49. The monoisotopic (exact) mass is 258 g/mol. The Kier molecular flexibility index (Phi) is 11.9. The first-order valence-electron chi connectivity index (χ1n) is 6.62. The first-order chi connectivity index (χ1) is 8.66. The lowest BCUT2D eigenvalue weighted by molar-refractivity contribution is -0.124. The van der Waals surface area contributed by atoms with E-state index in [9.17, 15) is 9.59 Å². The summed E-state index contributed by atoms with van der Waals surface area (Å²) in [5.74, 6) is -0.0497. The second-order valence-corrected chi connectivity index (χ2v) is 4.39. The summed E-state index contributed by atoms with van der Waals surface area (Å²) in [6, 6.07) is 0. The molecule has 0 radical (unpaired) electrons. The molecule has 0 aliphatic rings. The summed E-state index contributed by atoms with van der Waals surface area (Å²) in [5, 5.41) is 5.91. The topological polar surface area (TPSA) is 67.4 Å². The van der Waals surface area contributed by atoms with Gasteiger partial charge in [-0.2, -0.15) is 0 Å². The van der Waals surface area contributed by atoms with Crippen LogP contribution in [0, 0.1) is 0 Å². The van der Waals surface area contributed by atoms with Crippen molar-refractivity contribution in [2.24, 2.45) is 0 Å². The zero-order valence-electron chi connectivity index (χ0n) is 11.6. The third kappa shape index (κ3) is 13.1. The molecule has 0 saturated heterocycles. The molecule has 0 spiro atoms. The molecule has 0 saturated carbocycles. The van der Waals surface area contributed by atoms with Crippen molar-refractivity contribution in [2.75, 3.05) is 33.4 Å². The number of unbranched alkanes of at least 4 members (excludes halogenated alkanes) is 2. The summed E-state index contributed by atoms with van der Waals surface area (Å²) >= 11 is 0. The third-order valence-corrected chi connectivity index (χ3v) is 2.49. The average Bonchev–Trinajstić information content (AvgIpc) is 2.34. The predicted octanol–water partition coefficient (Wildman–Crippen LogP) is 0.878. The Morgan fingerprint density at radius 1 is 1.06 bits per heavy atom. The summed E-state index contributed by atoms with van der Waals surface area (Å²) < 4.78 is 4.96. The van der Waals surface area contributed by atoms with Crippen molar-refractivity contribution >= 4 is 11.7 Å². The molecule has 1 amide bonds. The van der Waals surface area contributed by atoms with E-state index >= 15 is 0 Å². The van der Waals surface area contributed by atoms with E-state index in [0.717, 1.165) is 45.4 Å². The molecule has 0 atom stereocenters. The summed E-state index contributed by atoms with van der Waals surface area (Å²) in [7, 11) is 1.71. The van der Waals surface area contributed by atoms with Crippen LogP contribution in [0.3, 0.4) is 0 Å². The lowest BCUT2D eigenvalue weighted by Gasteiger charge is -2.05. The molecule has 0 bridgehead atoms. The average molecular weight is 258 g/mol. The number of methoxy groups -OCH3 is 1. The number of hydrogen-bond acceptors (Lipinski definition) is 4. The Bertz CT molecular complexity index is 232. The minimum Gasteiger partial charge on any atom is -0.385 e.